The molecule has 84 valence electrons. The number of halogens is 1. The van der Waals surface area contributed by atoms with Crippen LogP contribution in [0.1, 0.15) is 44.9 Å². The van der Waals surface area contributed by atoms with Gasteiger partial charge in [0.15, 0.2) is 0 Å². The van der Waals surface area contributed by atoms with Crippen LogP contribution in [0.4, 0.5) is 0 Å². The van der Waals surface area contributed by atoms with E-state index in [1.165, 1.54) is 19.3 Å². The second-order valence-corrected chi connectivity index (χ2v) is 6.94. The summed E-state index contributed by atoms with van der Waals surface area (Å²) >= 11 is 2.98. The maximum absolute atomic E-state index is 11.3. The highest BCUT2D eigenvalue weighted by Crippen LogP contribution is 2.17. The summed E-state index contributed by atoms with van der Waals surface area (Å²) in [6, 6.07) is 0.165. The second-order valence-electron chi connectivity index (χ2n) is 3.88. The summed E-state index contributed by atoms with van der Waals surface area (Å²) in [5.41, 5.74) is 0. The van der Waals surface area contributed by atoms with Gasteiger partial charge in [0.05, 0.1) is 0 Å². The van der Waals surface area contributed by atoms with E-state index in [1.807, 2.05) is 0 Å². The Labute approximate surface area is 94.8 Å². The molecule has 1 N–H and O–H groups in total. The minimum Gasteiger partial charge on any atom is -0.212 e. The van der Waals surface area contributed by atoms with Gasteiger partial charge in [-0.1, -0.05) is 48.0 Å². The highest BCUT2D eigenvalue weighted by Gasteiger charge is 2.17. The van der Waals surface area contributed by atoms with Crippen molar-refractivity contribution in [3.05, 3.63) is 0 Å². The number of hydrogen-bond donors (Lipinski definition) is 1. The smallest absolute Gasteiger partial charge is 0.212 e. The van der Waals surface area contributed by atoms with E-state index in [0.717, 1.165) is 25.7 Å². The molecule has 0 aromatic rings. The summed E-state index contributed by atoms with van der Waals surface area (Å²) in [7, 11) is -3.08. The summed E-state index contributed by atoms with van der Waals surface area (Å²) in [4.78, 5) is 0. The zero-order valence-corrected chi connectivity index (χ0v) is 10.7. The maximum Gasteiger partial charge on any atom is 0.221 e. The molecule has 0 heterocycles. The van der Waals surface area contributed by atoms with Crippen molar-refractivity contribution >= 4 is 26.0 Å². The molecule has 0 aliphatic heterocycles. The van der Waals surface area contributed by atoms with Gasteiger partial charge in [0, 0.05) is 6.04 Å². The molecule has 0 aromatic carbocycles. The molecule has 1 aliphatic carbocycles. The first-order chi connectivity index (χ1) is 6.64. The molecule has 1 fully saturated rings. The van der Waals surface area contributed by atoms with Crippen molar-refractivity contribution in [1.29, 1.82) is 0 Å². The Morgan fingerprint density at radius 2 is 1.57 bits per heavy atom. The molecule has 0 bridgehead atoms. The lowest BCUT2D eigenvalue weighted by Gasteiger charge is -2.20. The third-order valence-electron chi connectivity index (χ3n) is 2.60. The molecule has 1 aliphatic rings. The molecule has 0 atom stereocenters. The number of sulfonamides is 1. The normalized spacial score (nSPS) is 21.5. The first-order valence-electron chi connectivity index (χ1n) is 5.20. The van der Waals surface area contributed by atoms with Gasteiger partial charge in [0.2, 0.25) is 10.0 Å². The standard InChI is InChI=1S/C9H18BrNO2S/c10-8-14(12,13)11-9-6-4-2-1-3-5-7-9/h9,11H,1-8H2. The third-order valence-corrected chi connectivity index (χ3v) is 5.38. The van der Waals surface area contributed by atoms with Gasteiger partial charge in [-0.15, -0.1) is 0 Å². The Kier molecular flexibility index (Phi) is 5.41. The summed E-state index contributed by atoms with van der Waals surface area (Å²) in [6.07, 6.45) is 8.07. The minimum atomic E-state index is -3.08. The average molecular weight is 284 g/mol. The number of hydrogen-bond acceptors (Lipinski definition) is 2. The molecule has 0 amide bonds. The molecule has 0 spiro atoms. The van der Waals surface area contributed by atoms with Crippen molar-refractivity contribution in [1.82, 2.24) is 4.72 Å². The minimum absolute atomic E-state index is 0.0104. The van der Waals surface area contributed by atoms with E-state index in [0.29, 0.717) is 0 Å². The van der Waals surface area contributed by atoms with Crippen LogP contribution in [0.15, 0.2) is 0 Å². The van der Waals surface area contributed by atoms with E-state index in [2.05, 4.69) is 20.7 Å². The van der Waals surface area contributed by atoms with E-state index >= 15 is 0 Å². The summed E-state index contributed by atoms with van der Waals surface area (Å²) < 4.78 is 25.4. The Bertz CT molecular complexity index is 246. The molecule has 5 heteroatoms. The number of nitrogens with one attached hydrogen (secondary N) is 1. The largest absolute Gasteiger partial charge is 0.221 e. The molecular weight excluding hydrogens is 266 g/mol. The van der Waals surface area contributed by atoms with E-state index in [4.69, 9.17) is 0 Å². The highest BCUT2D eigenvalue weighted by molar-refractivity contribution is 9.10. The molecular formula is C9H18BrNO2S. The molecule has 3 nitrogen and oxygen atoms in total. The topological polar surface area (TPSA) is 46.2 Å². The SMILES string of the molecule is O=S(=O)(CBr)NC1CCCCCCC1. The Morgan fingerprint density at radius 3 is 2.07 bits per heavy atom. The average Bonchev–Trinajstić information content (AvgIpc) is 2.10. The predicted molar refractivity (Wildman–Crippen MR) is 62.0 cm³/mol. The Morgan fingerprint density at radius 1 is 1.07 bits per heavy atom. The first-order valence-corrected chi connectivity index (χ1v) is 7.97. The van der Waals surface area contributed by atoms with Crippen molar-refractivity contribution in [2.45, 2.75) is 51.0 Å². The fraction of sp³-hybridized carbons (Fsp3) is 1.00. The van der Waals surface area contributed by atoms with Gasteiger partial charge < -0.3 is 0 Å². The second kappa shape index (κ2) is 6.08. The van der Waals surface area contributed by atoms with Gasteiger partial charge in [-0.25, -0.2) is 13.1 Å². The zero-order valence-electron chi connectivity index (χ0n) is 8.34. The Hall–Kier alpha value is 0.390. The van der Waals surface area contributed by atoms with Gasteiger partial charge in [-0.3, -0.25) is 0 Å². The monoisotopic (exact) mass is 283 g/mol. The van der Waals surface area contributed by atoms with Crippen molar-refractivity contribution in [3.63, 3.8) is 0 Å². The lowest BCUT2D eigenvalue weighted by atomic mass is 9.97. The highest BCUT2D eigenvalue weighted by atomic mass is 79.9. The molecule has 0 radical (unpaired) electrons. The zero-order chi connectivity index (χ0) is 10.4. The van der Waals surface area contributed by atoms with Crippen molar-refractivity contribution < 1.29 is 8.42 Å². The molecule has 14 heavy (non-hydrogen) atoms. The van der Waals surface area contributed by atoms with E-state index in [9.17, 15) is 8.42 Å². The van der Waals surface area contributed by atoms with Crippen molar-refractivity contribution in [2.75, 3.05) is 4.66 Å². The summed E-state index contributed by atoms with van der Waals surface area (Å²) in [5.74, 6) is 0. The first kappa shape index (κ1) is 12.5. The fourth-order valence-electron chi connectivity index (χ4n) is 1.86. The van der Waals surface area contributed by atoms with Crippen LogP contribution in [0, 0.1) is 0 Å². The van der Waals surface area contributed by atoms with Gasteiger partial charge in [-0.2, -0.15) is 0 Å². The van der Waals surface area contributed by atoms with Crippen LogP contribution in [-0.4, -0.2) is 19.1 Å². The lowest BCUT2D eigenvalue weighted by Crippen LogP contribution is -2.35. The van der Waals surface area contributed by atoms with Crippen LogP contribution in [-0.2, 0) is 10.0 Å². The van der Waals surface area contributed by atoms with E-state index in [-0.39, 0.29) is 10.7 Å². The van der Waals surface area contributed by atoms with Crippen LogP contribution >= 0.6 is 15.9 Å². The van der Waals surface area contributed by atoms with E-state index in [1.54, 1.807) is 0 Å². The van der Waals surface area contributed by atoms with Crippen LogP contribution < -0.4 is 4.72 Å². The van der Waals surface area contributed by atoms with Crippen LogP contribution in [0.5, 0.6) is 0 Å². The van der Waals surface area contributed by atoms with Crippen molar-refractivity contribution in [3.8, 4) is 0 Å². The predicted octanol–water partition coefficient (Wildman–Crippen LogP) is 2.37. The fourth-order valence-corrected chi connectivity index (χ4v) is 3.06. The van der Waals surface area contributed by atoms with Gasteiger partial charge in [-0.05, 0) is 12.8 Å². The molecule has 0 unspecified atom stereocenters. The Balaban J connectivity index is 2.41. The quantitative estimate of drug-likeness (QED) is 0.809. The third kappa shape index (κ3) is 4.75. The van der Waals surface area contributed by atoms with Crippen LogP contribution in [0.25, 0.3) is 0 Å². The van der Waals surface area contributed by atoms with Crippen LogP contribution in [0.3, 0.4) is 0 Å². The molecule has 1 saturated carbocycles. The van der Waals surface area contributed by atoms with Gasteiger partial charge in [0.25, 0.3) is 0 Å². The molecule has 0 saturated heterocycles. The van der Waals surface area contributed by atoms with Crippen LogP contribution in [0.2, 0.25) is 0 Å². The van der Waals surface area contributed by atoms with Crippen molar-refractivity contribution in [2.24, 2.45) is 0 Å². The number of rotatable bonds is 3. The van der Waals surface area contributed by atoms with Gasteiger partial charge >= 0.3 is 0 Å². The van der Waals surface area contributed by atoms with Gasteiger partial charge in [0.1, 0.15) is 4.66 Å². The maximum atomic E-state index is 11.3. The summed E-state index contributed by atoms with van der Waals surface area (Å²) in [5, 5.41) is 0. The number of alkyl halides is 1. The lowest BCUT2D eigenvalue weighted by molar-refractivity contribution is 0.427. The molecule has 1 rings (SSSR count). The van der Waals surface area contributed by atoms with E-state index < -0.39 is 10.0 Å². The molecule has 0 aromatic heterocycles. The summed E-state index contributed by atoms with van der Waals surface area (Å²) in [6.45, 7) is 0.